The Hall–Kier alpha value is -3.90. The molecule has 0 aromatic heterocycles. The Morgan fingerprint density at radius 2 is 1.24 bits per heavy atom. The lowest BCUT2D eigenvalue weighted by molar-refractivity contribution is -0.0193. The topological polar surface area (TPSA) is 0 Å². The summed E-state index contributed by atoms with van der Waals surface area (Å²) in [6.45, 7) is 0. The predicted molar refractivity (Wildman–Crippen MR) is 168 cm³/mol. The maximum Gasteiger partial charge on any atom is -0.000731 e. The minimum Gasteiger partial charge on any atom is -0.0766 e. The Bertz CT molecular complexity index is 1890. The van der Waals surface area contributed by atoms with Crippen LogP contribution in [0.4, 0.5) is 0 Å². The van der Waals surface area contributed by atoms with Crippen LogP contribution in [-0.2, 0) is 0 Å². The van der Waals surface area contributed by atoms with Crippen LogP contribution in [0.15, 0.2) is 115 Å². The van der Waals surface area contributed by atoms with Gasteiger partial charge in [0, 0.05) is 0 Å². The third kappa shape index (κ3) is 3.80. The van der Waals surface area contributed by atoms with E-state index in [1.807, 2.05) is 0 Å². The summed E-state index contributed by atoms with van der Waals surface area (Å²) in [5.74, 6) is 4.62. The van der Waals surface area contributed by atoms with E-state index in [-0.39, 0.29) is 0 Å². The molecule has 10 rings (SSSR count). The zero-order valence-electron chi connectivity index (χ0n) is 23.5. The van der Waals surface area contributed by atoms with E-state index in [0.717, 1.165) is 36.0 Å². The minimum atomic E-state index is 0.775. The third-order valence-corrected chi connectivity index (χ3v) is 10.9. The molecule has 4 aromatic carbocycles. The average molecular weight is 528 g/mol. The quantitative estimate of drug-likeness (QED) is 0.222. The van der Waals surface area contributed by atoms with Crippen molar-refractivity contribution in [3.05, 3.63) is 158 Å². The zero-order valence-corrected chi connectivity index (χ0v) is 23.5. The SMILES string of the molecule is [C]1=c2ccccc2=c2ccc(=C(c3ccccc3)c3ccccc3)c(C3=CC(C4C5CC6CC(C5)CC4C6)=CC3)c21. The van der Waals surface area contributed by atoms with Crippen molar-refractivity contribution >= 4 is 17.2 Å². The second kappa shape index (κ2) is 9.31. The van der Waals surface area contributed by atoms with Gasteiger partial charge in [-0.15, -0.1) is 0 Å². The van der Waals surface area contributed by atoms with Crippen LogP contribution in [0.2, 0.25) is 0 Å². The number of fused-ring (bicyclic) bond motifs is 2. The molecular formula is C41H35. The molecule has 4 saturated carbocycles. The van der Waals surface area contributed by atoms with E-state index in [1.165, 1.54) is 86.4 Å². The Morgan fingerprint density at radius 1 is 0.610 bits per heavy atom. The van der Waals surface area contributed by atoms with Crippen molar-refractivity contribution in [3.63, 3.8) is 0 Å². The van der Waals surface area contributed by atoms with Crippen molar-refractivity contribution in [2.45, 2.75) is 38.5 Å². The van der Waals surface area contributed by atoms with E-state index >= 15 is 0 Å². The third-order valence-electron chi connectivity index (χ3n) is 10.9. The fourth-order valence-electron chi connectivity index (χ4n) is 9.57. The van der Waals surface area contributed by atoms with Gasteiger partial charge in [0.25, 0.3) is 0 Å². The van der Waals surface area contributed by atoms with Crippen LogP contribution in [-0.4, -0.2) is 0 Å². The normalized spacial score (nSPS) is 26.7. The van der Waals surface area contributed by atoms with E-state index < -0.39 is 0 Å². The summed E-state index contributed by atoms with van der Waals surface area (Å²) in [7, 11) is 0. The van der Waals surface area contributed by atoms with E-state index in [1.54, 1.807) is 5.57 Å². The molecule has 0 aliphatic heterocycles. The molecule has 199 valence electrons. The largest absolute Gasteiger partial charge is 0.0766 e. The number of hydrogen-bond donors (Lipinski definition) is 0. The molecule has 4 aromatic rings. The zero-order chi connectivity index (χ0) is 26.9. The number of rotatable bonds is 4. The van der Waals surface area contributed by atoms with Gasteiger partial charge in [-0.05, 0) is 134 Å². The first kappa shape index (κ1) is 23.8. The van der Waals surface area contributed by atoms with Gasteiger partial charge >= 0.3 is 0 Å². The van der Waals surface area contributed by atoms with Gasteiger partial charge in [0.1, 0.15) is 0 Å². The standard InChI is InChI=1S/C41H35/c1-3-9-28(10-4-1)40(29-11-5-2-6-12-29)37-18-17-36-35-14-8-7-13-30(35)25-38(36)41(37)32-16-15-31(24-32)39-33-20-26-19-27(22-33)23-34(39)21-26/h1-15,17-18,24,26-27,33-34,39H,16,19-23H2. The highest BCUT2D eigenvalue weighted by atomic mass is 14.5. The molecule has 0 spiro atoms. The van der Waals surface area contributed by atoms with Crippen molar-refractivity contribution < 1.29 is 0 Å². The summed E-state index contributed by atoms with van der Waals surface area (Å²) in [5, 5.41) is 5.18. The molecule has 4 bridgehead atoms. The van der Waals surface area contributed by atoms with Gasteiger partial charge in [-0.25, -0.2) is 0 Å². The van der Waals surface area contributed by atoms with E-state index in [0.29, 0.717) is 0 Å². The molecule has 4 fully saturated rings. The second-order valence-corrected chi connectivity index (χ2v) is 13.2. The first-order valence-electron chi connectivity index (χ1n) is 15.7. The highest BCUT2D eigenvalue weighted by Gasteiger charge is 2.49. The summed E-state index contributed by atoms with van der Waals surface area (Å²) in [6.07, 6.45) is 17.6. The van der Waals surface area contributed by atoms with E-state index in [2.05, 4.69) is 115 Å². The fourth-order valence-corrected chi connectivity index (χ4v) is 9.57. The minimum absolute atomic E-state index is 0.775. The Morgan fingerprint density at radius 3 is 1.93 bits per heavy atom. The molecule has 0 saturated heterocycles. The second-order valence-electron chi connectivity index (χ2n) is 13.2. The summed E-state index contributed by atoms with van der Waals surface area (Å²) in [4.78, 5) is 0. The van der Waals surface area contributed by atoms with E-state index in [9.17, 15) is 0 Å². The molecule has 1 radical (unpaired) electrons. The van der Waals surface area contributed by atoms with Crippen molar-refractivity contribution in [2.75, 3.05) is 0 Å². The number of hydrogen-bond acceptors (Lipinski definition) is 0. The van der Waals surface area contributed by atoms with Crippen molar-refractivity contribution in [3.8, 4) is 0 Å². The van der Waals surface area contributed by atoms with Crippen molar-refractivity contribution in [2.24, 2.45) is 29.6 Å². The molecule has 0 nitrogen and oxygen atoms in total. The molecule has 0 unspecified atom stereocenters. The van der Waals surface area contributed by atoms with Gasteiger partial charge in [0.05, 0.1) is 0 Å². The summed E-state index contributed by atoms with van der Waals surface area (Å²) < 4.78 is 0. The monoisotopic (exact) mass is 527 g/mol. The van der Waals surface area contributed by atoms with Crippen LogP contribution in [0.5, 0.6) is 0 Å². The van der Waals surface area contributed by atoms with Gasteiger partial charge in [-0.2, -0.15) is 0 Å². The molecular weight excluding hydrogens is 492 g/mol. The van der Waals surface area contributed by atoms with Crippen LogP contribution in [0, 0.1) is 40.0 Å². The lowest BCUT2D eigenvalue weighted by Gasteiger charge is -2.54. The molecule has 6 aliphatic rings. The molecule has 6 aliphatic carbocycles. The van der Waals surface area contributed by atoms with Crippen LogP contribution >= 0.6 is 0 Å². The number of allylic oxidation sites excluding steroid dienone is 4. The first-order chi connectivity index (χ1) is 20.3. The van der Waals surface area contributed by atoms with Gasteiger partial charge in [-0.1, -0.05) is 109 Å². The highest BCUT2D eigenvalue weighted by Crippen LogP contribution is 2.59. The fraction of sp³-hybridized carbons (Fsp3) is 0.268. The predicted octanol–water partition coefficient (Wildman–Crippen LogP) is 8.03. The van der Waals surface area contributed by atoms with Crippen molar-refractivity contribution in [1.29, 1.82) is 0 Å². The smallest absolute Gasteiger partial charge is 0.000731 e. The van der Waals surface area contributed by atoms with Crippen molar-refractivity contribution in [1.82, 2.24) is 0 Å². The van der Waals surface area contributed by atoms with Gasteiger partial charge < -0.3 is 0 Å². The molecule has 0 amide bonds. The van der Waals surface area contributed by atoms with Gasteiger partial charge in [-0.3, -0.25) is 0 Å². The Labute approximate surface area is 242 Å². The summed E-state index contributed by atoms with van der Waals surface area (Å²) in [6, 6.07) is 35.5. The van der Waals surface area contributed by atoms with Crippen LogP contribution in [0.25, 0.3) is 17.2 Å². The maximum absolute atomic E-state index is 3.89. The van der Waals surface area contributed by atoms with E-state index in [4.69, 9.17) is 0 Å². The van der Waals surface area contributed by atoms with Gasteiger partial charge in [0.2, 0.25) is 0 Å². The highest BCUT2D eigenvalue weighted by molar-refractivity contribution is 5.87. The lowest BCUT2D eigenvalue weighted by Crippen LogP contribution is -2.45. The van der Waals surface area contributed by atoms with Crippen LogP contribution in [0.1, 0.15) is 60.8 Å². The maximum atomic E-state index is 3.89. The first-order valence-corrected chi connectivity index (χ1v) is 15.7. The Balaban J connectivity index is 1.29. The van der Waals surface area contributed by atoms with Crippen LogP contribution < -0.4 is 10.4 Å². The average Bonchev–Trinajstić information content (AvgIpc) is 3.63. The summed E-state index contributed by atoms with van der Waals surface area (Å²) >= 11 is 0. The van der Waals surface area contributed by atoms with Gasteiger partial charge in [0.15, 0.2) is 0 Å². The molecule has 0 heteroatoms. The molecule has 0 heterocycles. The molecule has 0 atom stereocenters. The molecule has 41 heavy (non-hydrogen) atoms. The number of benzene rings is 4. The Kier molecular flexibility index (Phi) is 5.40. The summed E-state index contributed by atoms with van der Waals surface area (Å²) in [5.41, 5.74) is 9.63. The van der Waals surface area contributed by atoms with Crippen LogP contribution in [0.3, 0.4) is 0 Å². The lowest BCUT2D eigenvalue weighted by atomic mass is 9.50. The molecule has 0 N–H and O–H groups in total.